The lowest BCUT2D eigenvalue weighted by Crippen LogP contribution is -2.40. The van der Waals surface area contributed by atoms with E-state index in [1.54, 1.807) is 0 Å². The molecule has 5 heteroatoms. The zero-order valence-electron chi connectivity index (χ0n) is 13.9. The topological polar surface area (TPSA) is 73.6 Å². The van der Waals surface area contributed by atoms with Gasteiger partial charge in [0.05, 0.1) is 12.6 Å². The fraction of sp³-hybridized carbons (Fsp3) is 0.588. The van der Waals surface area contributed by atoms with Crippen LogP contribution in [-0.2, 0) is 16.1 Å². The van der Waals surface area contributed by atoms with Crippen molar-refractivity contribution >= 4 is 5.91 Å². The molecule has 0 saturated heterocycles. The van der Waals surface area contributed by atoms with E-state index in [2.05, 4.69) is 5.32 Å². The molecule has 0 spiro atoms. The Morgan fingerprint density at radius 3 is 2.77 bits per heavy atom. The van der Waals surface area contributed by atoms with E-state index in [9.17, 15) is 4.79 Å². The van der Waals surface area contributed by atoms with Crippen LogP contribution in [0.1, 0.15) is 37.8 Å². The summed E-state index contributed by atoms with van der Waals surface area (Å²) in [5.41, 5.74) is 7.87. The van der Waals surface area contributed by atoms with E-state index in [4.69, 9.17) is 15.2 Å². The van der Waals surface area contributed by atoms with Crippen molar-refractivity contribution in [3.8, 4) is 5.75 Å². The summed E-state index contributed by atoms with van der Waals surface area (Å²) in [7, 11) is 0. The highest BCUT2D eigenvalue weighted by Crippen LogP contribution is 2.20. The maximum Gasteiger partial charge on any atom is 0.237 e. The number of carbonyl (C=O) groups excluding carboxylic acids is 1. The molecule has 0 bridgehead atoms. The lowest BCUT2D eigenvalue weighted by Gasteiger charge is -2.15. The van der Waals surface area contributed by atoms with E-state index >= 15 is 0 Å². The van der Waals surface area contributed by atoms with Gasteiger partial charge in [-0.05, 0) is 31.9 Å². The highest BCUT2D eigenvalue weighted by Gasteiger charge is 2.13. The fourth-order valence-electron chi connectivity index (χ4n) is 2.05. The first kappa shape index (κ1) is 18.5. The Hall–Kier alpha value is -1.59. The van der Waals surface area contributed by atoms with Crippen molar-refractivity contribution in [2.24, 2.45) is 5.73 Å². The number of amides is 1. The van der Waals surface area contributed by atoms with Gasteiger partial charge in [0.1, 0.15) is 12.4 Å². The van der Waals surface area contributed by atoms with Crippen molar-refractivity contribution in [1.82, 2.24) is 5.32 Å². The molecule has 0 aliphatic heterocycles. The van der Waals surface area contributed by atoms with Crippen molar-refractivity contribution in [2.45, 2.75) is 46.2 Å². The molecule has 1 aromatic rings. The van der Waals surface area contributed by atoms with Crippen molar-refractivity contribution in [2.75, 3.05) is 19.8 Å². The molecule has 0 aliphatic carbocycles. The first-order valence-corrected chi connectivity index (χ1v) is 7.91. The lowest BCUT2D eigenvalue weighted by atomic mass is 10.1. The largest absolute Gasteiger partial charge is 0.491 e. The van der Waals surface area contributed by atoms with Crippen molar-refractivity contribution in [1.29, 1.82) is 0 Å². The Kier molecular flexibility index (Phi) is 8.55. The number of hydrogen-bond donors (Lipinski definition) is 2. The molecule has 0 aliphatic rings. The van der Waals surface area contributed by atoms with Crippen LogP contribution in [0.3, 0.4) is 0 Å². The van der Waals surface area contributed by atoms with Gasteiger partial charge in [-0.3, -0.25) is 4.79 Å². The highest BCUT2D eigenvalue weighted by molar-refractivity contribution is 5.81. The minimum Gasteiger partial charge on any atom is -0.491 e. The van der Waals surface area contributed by atoms with Crippen molar-refractivity contribution in [3.63, 3.8) is 0 Å². The monoisotopic (exact) mass is 308 g/mol. The van der Waals surface area contributed by atoms with Crippen LogP contribution in [0.2, 0.25) is 0 Å². The Balaban J connectivity index is 2.59. The van der Waals surface area contributed by atoms with Gasteiger partial charge >= 0.3 is 0 Å². The molecule has 0 aromatic heterocycles. The molecule has 0 radical (unpaired) electrons. The van der Waals surface area contributed by atoms with E-state index in [1.807, 2.05) is 39.0 Å². The SMILES string of the molecule is CCCC(N)C(=O)NCc1ccc(C)cc1OCCOCC. The van der Waals surface area contributed by atoms with Crippen LogP contribution in [-0.4, -0.2) is 31.8 Å². The maximum atomic E-state index is 11.9. The van der Waals surface area contributed by atoms with Crippen LogP contribution in [0, 0.1) is 6.92 Å². The number of nitrogens with two attached hydrogens (primary N) is 1. The maximum absolute atomic E-state index is 11.9. The molecule has 0 heterocycles. The van der Waals surface area contributed by atoms with Crippen molar-refractivity contribution < 1.29 is 14.3 Å². The molecule has 1 rings (SSSR count). The highest BCUT2D eigenvalue weighted by atomic mass is 16.5. The predicted octanol–water partition coefficient (Wildman–Crippen LogP) is 2.15. The van der Waals surface area contributed by atoms with Gasteiger partial charge in [-0.2, -0.15) is 0 Å². The predicted molar refractivity (Wildman–Crippen MR) is 87.9 cm³/mol. The van der Waals surface area contributed by atoms with E-state index < -0.39 is 6.04 Å². The number of hydrogen-bond acceptors (Lipinski definition) is 4. The molecule has 5 nitrogen and oxygen atoms in total. The van der Waals surface area contributed by atoms with Gasteiger partial charge in [-0.25, -0.2) is 0 Å². The first-order chi connectivity index (χ1) is 10.6. The Labute approximate surface area is 133 Å². The van der Waals surface area contributed by atoms with Crippen LogP contribution in [0.15, 0.2) is 18.2 Å². The quantitative estimate of drug-likeness (QED) is 0.650. The fourth-order valence-corrected chi connectivity index (χ4v) is 2.05. The molecule has 1 aromatic carbocycles. The molecular formula is C17H28N2O3. The summed E-state index contributed by atoms with van der Waals surface area (Å²) in [5.74, 6) is 0.659. The summed E-state index contributed by atoms with van der Waals surface area (Å²) in [6.45, 7) is 8.11. The molecule has 124 valence electrons. The van der Waals surface area contributed by atoms with Gasteiger partial charge in [0.25, 0.3) is 0 Å². The standard InChI is InChI=1S/C17H28N2O3/c1-4-6-15(18)17(20)19-12-14-8-7-13(3)11-16(14)22-10-9-21-5-2/h7-8,11,15H,4-6,9-10,12,18H2,1-3H3,(H,19,20). The molecule has 0 saturated carbocycles. The summed E-state index contributed by atoms with van der Waals surface area (Å²) in [6, 6.07) is 5.50. The summed E-state index contributed by atoms with van der Waals surface area (Å²) < 4.78 is 11.0. The number of carbonyl (C=O) groups is 1. The normalized spacial score (nSPS) is 12.0. The Morgan fingerprint density at radius 1 is 1.32 bits per heavy atom. The molecule has 1 amide bonds. The summed E-state index contributed by atoms with van der Waals surface area (Å²) in [5, 5.41) is 2.87. The van der Waals surface area contributed by atoms with E-state index in [1.165, 1.54) is 0 Å². The van der Waals surface area contributed by atoms with Gasteiger partial charge < -0.3 is 20.5 Å². The van der Waals surface area contributed by atoms with E-state index in [0.29, 0.717) is 32.8 Å². The second-order valence-electron chi connectivity index (χ2n) is 5.27. The first-order valence-electron chi connectivity index (χ1n) is 7.91. The van der Waals surface area contributed by atoms with E-state index in [0.717, 1.165) is 23.3 Å². The van der Waals surface area contributed by atoms with E-state index in [-0.39, 0.29) is 5.91 Å². The third kappa shape index (κ3) is 6.45. The van der Waals surface area contributed by atoms with Crippen LogP contribution in [0.5, 0.6) is 5.75 Å². The van der Waals surface area contributed by atoms with Crippen LogP contribution < -0.4 is 15.8 Å². The van der Waals surface area contributed by atoms with Crippen LogP contribution >= 0.6 is 0 Å². The smallest absolute Gasteiger partial charge is 0.237 e. The Morgan fingerprint density at radius 2 is 2.09 bits per heavy atom. The van der Waals surface area contributed by atoms with Crippen molar-refractivity contribution in [3.05, 3.63) is 29.3 Å². The number of rotatable bonds is 10. The summed E-state index contributed by atoms with van der Waals surface area (Å²) in [6.07, 6.45) is 1.59. The summed E-state index contributed by atoms with van der Waals surface area (Å²) in [4.78, 5) is 11.9. The average Bonchev–Trinajstić information content (AvgIpc) is 2.50. The zero-order valence-corrected chi connectivity index (χ0v) is 13.9. The number of nitrogens with one attached hydrogen (secondary N) is 1. The Bertz CT molecular complexity index is 463. The average molecular weight is 308 g/mol. The van der Waals surface area contributed by atoms with Gasteiger partial charge in [-0.1, -0.05) is 25.5 Å². The van der Waals surface area contributed by atoms with Gasteiger partial charge in [-0.15, -0.1) is 0 Å². The number of aryl methyl sites for hydroxylation is 1. The zero-order chi connectivity index (χ0) is 16.4. The molecule has 22 heavy (non-hydrogen) atoms. The van der Waals surface area contributed by atoms with Gasteiger partial charge in [0, 0.05) is 18.7 Å². The third-order valence-electron chi connectivity index (χ3n) is 3.30. The minimum atomic E-state index is -0.447. The van der Waals surface area contributed by atoms with Crippen LogP contribution in [0.4, 0.5) is 0 Å². The van der Waals surface area contributed by atoms with Gasteiger partial charge in [0.15, 0.2) is 0 Å². The molecule has 1 atom stereocenters. The molecule has 1 unspecified atom stereocenters. The van der Waals surface area contributed by atoms with Gasteiger partial charge in [0.2, 0.25) is 5.91 Å². The molecule has 3 N–H and O–H groups in total. The summed E-state index contributed by atoms with van der Waals surface area (Å²) >= 11 is 0. The second kappa shape index (κ2) is 10.2. The number of ether oxygens (including phenoxy) is 2. The lowest BCUT2D eigenvalue weighted by molar-refractivity contribution is -0.122. The molecular weight excluding hydrogens is 280 g/mol. The van der Waals surface area contributed by atoms with Crippen LogP contribution in [0.25, 0.3) is 0 Å². The third-order valence-corrected chi connectivity index (χ3v) is 3.30. The number of benzene rings is 1. The minimum absolute atomic E-state index is 0.123. The molecule has 0 fully saturated rings. The second-order valence-corrected chi connectivity index (χ2v) is 5.27.